The van der Waals surface area contributed by atoms with Crippen LogP contribution in [0.1, 0.15) is 30.9 Å². The van der Waals surface area contributed by atoms with Crippen LogP contribution in [0.25, 0.3) is 0 Å². The third kappa shape index (κ3) is 3.62. The van der Waals surface area contributed by atoms with Crippen LogP contribution in [0, 0.1) is 0 Å². The summed E-state index contributed by atoms with van der Waals surface area (Å²) in [5.41, 5.74) is 2.28. The van der Waals surface area contributed by atoms with Crippen LogP contribution in [0.5, 0.6) is 5.75 Å². The Morgan fingerprint density at radius 2 is 1.76 bits per heavy atom. The van der Waals surface area contributed by atoms with Gasteiger partial charge in [0, 0.05) is 19.2 Å². The molecule has 5 nitrogen and oxygen atoms in total. The van der Waals surface area contributed by atoms with E-state index >= 15 is 0 Å². The van der Waals surface area contributed by atoms with E-state index in [0.717, 1.165) is 22.9 Å². The molecule has 0 unspecified atom stereocenters. The first-order chi connectivity index (χ1) is 10.2. The zero-order valence-corrected chi connectivity index (χ0v) is 13.0. The highest BCUT2D eigenvalue weighted by atomic mass is 16.5. The molecule has 0 bridgehead atoms. The minimum atomic E-state index is 0.340. The van der Waals surface area contributed by atoms with Crippen LogP contribution in [-0.4, -0.2) is 24.1 Å². The first-order valence-corrected chi connectivity index (χ1v) is 7.05. The molecule has 1 aromatic heterocycles. The summed E-state index contributed by atoms with van der Waals surface area (Å²) in [5.74, 6) is 2.95. The summed E-state index contributed by atoms with van der Waals surface area (Å²) < 4.78 is 5.16. The maximum Gasteiger partial charge on any atom is 0.135 e. The van der Waals surface area contributed by atoms with E-state index in [-0.39, 0.29) is 0 Å². The fourth-order valence-electron chi connectivity index (χ4n) is 2.21. The van der Waals surface area contributed by atoms with Crippen LogP contribution >= 0.6 is 0 Å². The van der Waals surface area contributed by atoms with Gasteiger partial charge in [0.25, 0.3) is 0 Å². The van der Waals surface area contributed by atoms with Crippen molar-refractivity contribution in [2.75, 3.05) is 24.8 Å². The number of hydrogen-bond donors (Lipinski definition) is 2. The summed E-state index contributed by atoms with van der Waals surface area (Å²) >= 11 is 0. The molecule has 2 N–H and O–H groups in total. The van der Waals surface area contributed by atoms with E-state index in [1.165, 1.54) is 5.56 Å². The summed E-state index contributed by atoms with van der Waals surface area (Å²) in [6.07, 6.45) is 1.58. The van der Waals surface area contributed by atoms with Gasteiger partial charge in [-0.15, -0.1) is 0 Å². The molecule has 5 heteroatoms. The fourth-order valence-corrected chi connectivity index (χ4v) is 2.21. The van der Waals surface area contributed by atoms with Crippen LogP contribution in [-0.2, 0) is 6.54 Å². The van der Waals surface area contributed by atoms with Gasteiger partial charge in [-0.1, -0.05) is 26.0 Å². The van der Waals surface area contributed by atoms with Gasteiger partial charge in [-0.05, 0) is 23.6 Å². The number of hydrogen-bond acceptors (Lipinski definition) is 5. The van der Waals surface area contributed by atoms with Crippen molar-refractivity contribution in [3.63, 3.8) is 0 Å². The van der Waals surface area contributed by atoms with Gasteiger partial charge in [0.1, 0.15) is 23.7 Å². The highest BCUT2D eigenvalue weighted by Gasteiger charge is 2.13. The van der Waals surface area contributed by atoms with Gasteiger partial charge in [0.05, 0.1) is 7.11 Å². The third-order valence-electron chi connectivity index (χ3n) is 3.32. The molecule has 0 aliphatic heterocycles. The monoisotopic (exact) mass is 286 g/mol. The maximum atomic E-state index is 5.16. The zero-order valence-electron chi connectivity index (χ0n) is 13.0. The molecule has 0 saturated carbocycles. The fraction of sp³-hybridized carbons (Fsp3) is 0.375. The van der Waals surface area contributed by atoms with Crippen molar-refractivity contribution >= 4 is 11.6 Å². The number of rotatable bonds is 6. The van der Waals surface area contributed by atoms with Crippen LogP contribution in [0.3, 0.4) is 0 Å². The maximum absolute atomic E-state index is 5.16. The molecule has 112 valence electrons. The standard InChI is InChI=1S/C16H22N4O/c1-11(2)14-15(17-3)19-10-20-16(14)18-9-12-5-7-13(21-4)8-6-12/h5-8,10-11H,9H2,1-4H3,(H2,17,18,19,20). The summed E-state index contributed by atoms with van der Waals surface area (Å²) in [6.45, 7) is 4.99. The second-order valence-electron chi connectivity index (χ2n) is 5.09. The average molecular weight is 286 g/mol. The van der Waals surface area contributed by atoms with Crippen molar-refractivity contribution in [3.05, 3.63) is 41.7 Å². The number of nitrogens with one attached hydrogen (secondary N) is 2. The van der Waals surface area contributed by atoms with Crippen molar-refractivity contribution in [2.45, 2.75) is 26.3 Å². The predicted molar refractivity (Wildman–Crippen MR) is 86.0 cm³/mol. The quantitative estimate of drug-likeness (QED) is 0.853. The van der Waals surface area contributed by atoms with E-state index in [1.807, 2.05) is 31.3 Å². The topological polar surface area (TPSA) is 59.1 Å². The molecule has 0 aliphatic rings. The van der Waals surface area contributed by atoms with Gasteiger partial charge in [-0.25, -0.2) is 9.97 Å². The largest absolute Gasteiger partial charge is 0.497 e. The Morgan fingerprint density at radius 3 is 2.33 bits per heavy atom. The van der Waals surface area contributed by atoms with E-state index in [0.29, 0.717) is 12.5 Å². The van der Waals surface area contributed by atoms with Crippen LogP contribution in [0.15, 0.2) is 30.6 Å². The lowest BCUT2D eigenvalue weighted by molar-refractivity contribution is 0.414. The van der Waals surface area contributed by atoms with Crippen LogP contribution < -0.4 is 15.4 Å². The van der Waals surface area contributed by atoms with Gasteiger partial charge in [0.15, 0.2) is 0 Å². The smallest absolute Gasteiger partial charge is 0.135 e. The Morgan fingerprint density at radius 1 is 1.10 bits per heavy atom. The lowest BCUT2D eigenvalue weighted by Crippen LogP contribution is -2.09. The Kier molecular flexibility index (Phi) is 4.98. The van der Waals surface area contributed by atoms with Crippen molar-refractivity contribution in [3.8, 4) is 5.75 Å². The van der Waals surface area contributed by atoms with Gasteiger partial charge in [-0.3, -0.25) is 0 Å². The molecule has 21 heavy (non-hydrogen) atoms. The Bertz CT molecular complexity index is 581. The Hall–Kier alpha value is -2.30. The molecule has 1 aromatic carbocycles. The third-order valence-corrected chi connectivity index (χ3v) is 3.32. The zero-order chi connectivity index (χ0) is 15.2. The Labute approximate surface area is 125 Å². The first-order valence-electron chi connectivity index (χ1n) is 7.05. The molecular formula is C16H22N4O. The molecule has 2 aromatic rings. The molecule has 0 spiro atoms. The molecule has 0 fully saturated rings. The second-order valence-corrected chi connectivity index (χ2v) is 5.09. The van der Waals surface area contributed by atoms with Crippen molar-refractivity contribution in [2.24, 2.45) is 0 Å². The SMILES string of the molecule is CNc1ncnc(NCc2ccc(OC)cc2)c1C(C)C. The molecule has 2 rings (SSSR count). The number of ether oxygens (including phenoxy) is 1. The lowest BCUT2D eigenvalue weighted by atomic mass is 10.0. The van der Waals surface area contributed by atoms with Crippen molar-refractivity contribution in [1.82, 2.24) is 9.97 Å². The summed E-state index contributed by atoms with van der Waals surface area (Å²) in [5, 5.41) is 6.51. The highest BCUT2D eigenvalue weighted by molar-refractivity contribution is 5.58. The summed E-state index contributed by atoms with van der Waals surface area (Å²) in [4.78, 5) is 8.65. The van der Waals surface area contributed by atoms with Crippen LogP contribution in [0.4, 0.5) is 11.6 Å². The number of methoxy groups -OCH3 is 1. The Balaban J connectivity index is 2.15. The van der Waals surface area contributed by atoms with Gasteiger partial charge in [-0.2, -0.15) is 0 Å². The van der Waals surface area contributed by atoms with Gasteiger partial charge < -0.3 is 15.4 Å². The first kappa shape index (κ1) is 15.1. The number of nitrogens with zero attached hydrogens (tertiary/aromatic N) is 2. The minimum absolute atomic E-state index is 0.340. The van der Waals surface area contributed by atoms with Gasteiger partial charge >= 0.3 is 0 Å². The highest BCUT2D eigenvalue weighted by Crippen LogP contribution is 2.28. The molecular weight excluding hydrogens is 264 g/mol. The molecule has 0 saturated heterocycles. The molecule has 0 aliphatic carbocycles. The van der Waals surface area contributed by atoms with Crippen molar-refractivity contribution in [1.29, 1.82) is 0 Å². The second kappa shape index (κ2) is 6.92. The predicted octanol–water partition coefficient (Wildman–Crippen LogP) is 3.26. The summed E-state index contributed by atoms with van der Waals surface area (Å²) in [7, 11) is 3.55. The van der Waals surface area contributed by atoms with E-state index in [1.54, 1.807) is 13.4 Å². The minimum Gasteiger partial charge on any atom is -0.497 e. The normalized spacial score (nSPS) is 10.5. The molecule has 1 heterocycles. The lowest BCUT2D eigenvalue weighted by Gasteiger charge is -2.16. The van der Waals surface area contributed by atoms with Crippen LogP contribution in [0.2, 0.25) is 0 Å². The molecule has 0 amide bonds. The summed E-state index contributed by atoms with van der Waals surface area (Å²) in [6, 6.07) is 8.00. The van der Waals surface area contributed by atoms with E-state index in [9.17, 15) is 0 Å². The van der Waals surface area contributed by atoms with E-state index in [2.05, 4.69) is 34.4 Å². The van der Waals surface area contributed by atoms with E-state index in [4.69, 9.17) is 4.74 Å². The average Bonchev–Trinajstić information content (AvgIpc) is 2.52. The molecule has 0 atom stereocenters. The number of anilines is 2. The molecule has 0 radical (unpaired) electrons. The van der Waals surface area contributed by atoms with Gasteiger partial charge in [0.2, 0.25) is 0 Å². The number of aromatic nitrogens is 2. The number of benzene rings is 1. The van der Waals surface area contributed by atoms with Crippen molar-refractivity contribution < 1.29 is 4.74 Å². The van der Waals surface area contributed by atoms with E-state index < -0.39 is 0 Å².